The van der Waals surface area contributed by atoms with Crippen molar-refractivity contribution in [3.05, 3.63) is 0 Å². The zero-order chi connectivity index (χ0) is 12.8. The van der Waals surface area contributed by atoms with Crippen LogP contribution < -0.4 is 5.32 Å². The summed E-state index contributed by atoms with van der Waals surface area (Å²) in [5.74, 6) is 3.08. The van der Waals surface area contributed by atoms with Gasteiger partial charge < -0.3 is 5.32 Å². The molecule has 2 aliphatic carbocycles. The number of hydrogen-bond donors (Lipinski definition) is 1. The maximum absolute atomic E-state index is 3.71. The summed E-state index contributed by atoms with van der Waals surface area (Å²) in [7, 11) is 0. The third-order valence-electron chi connectivity index (χ3n) is 5.26. The maximum atomic E-state index is 3.71. The van der Waals surface area contributed by atoms with Crippen LogP contribution in [0, 0.1) is 17.8 Å². The van der Waals surface area contributed by atoms with Crippen molar-refractivity contribution < 1.29 is 0 Å². The average molecular weight is 251 g/mol. The van der Waals surface area contributed by atoms with Crippen LogP contribution in [-0.4, -0.2) is 12.6 Å². The highest BCUT2D eigenvalue weighted by molar-refractivity contribution is 4.83. The molecule has 0 aromatic rings. The molecule has 2 saturated carbocycles. The Morgan fingerprint density at radius 3 is 2.11 bits per heavy atom. The van der Waals surface area contributed by atoms with E-state index in [0.29, 0.717) is 6.04 Å². The van der Waals surface area contributed by atoms with Gasteiger partial charge in [0, 0.05) is 6.04 Å². The Balaban J connectivity index is 1.92. The molecule has 1 heteroatoms. The molecule has 0 aromatic carbocycles. The Labute approximate surface area is 114 Å². The Bertz CT molecular complexity index is 218. The van der Waals surface area contributed by atoms with E-state index < -0.39 is 0 Å². The largest absolute Gasteiger partial charge is 0.314 e. The van der Waals surface area contributed by atoms with Crippen molar-refractivity contribution in [1.82, 2.24) is 5.32 Å². The first-order chi connectivity index (χ1) is 8.77. The minimum absolute atomic E-state index is 0.653. The molecule has 0 heterocycles. The van der Waals surface area contributed by atoms with Crippen molar-refractivity contribution in [2.75, 3.05) is 6.54 Å². The summed E-state index contributed by atoms with van der Waals surface area (Å²) in [4.78, 5) is 0. The van der Waals surface area contributed by atoms with Crippen molar-refractivity contribution in [3.8, 4) is 0 Å². The van der Waals surface area contributed by atoms with Gasteiger partial charge in [0.25, 0.3) is 0 Å². The number of hydrogen-bond acceptors (Lipinski definition) is 1. The molecule has 0 aromatic heterocycles. The van der Waals surface area contributed by atoms with Crippen LogP contribution in [0.1, 0.15) is 78.1 Å². The van der Waals surface area contributed by atoms with E-state index in [-0.39, 0.29) is 0 Å². The van der Waals surface area contributed by atoms with Crippen LogP contribution in [0.4, 0.5) is 0 Å². The molecule has 2 fully saturated rings. The van der Waals surface area contributed by atoms with Crippen LogP contribution >= 0.6 is 0 Å². The second kappa shape index (κ2) is 7.53. The number of rotatable bonds is 4. The van der Waals surface area contributed by atoms with Crippen LogP contribution in [0.5, 0.6) is 0 Å². The zero-order valence-electron chi connectivity index (χ0n) is 12.6. The fraction of sp³-hybridized carbons (Fsp3) is 1.00. The molecular formula is C17H33N. The monoisotopic (exact) mass is 251 g/mol. The summed E-state index contributed by atoms with van der Waals surface area (Å²) in [6.07, 6.45) is 15.0. The molecular weight excluding hydrogens is 218 g/mol. The van der Waals surface area contributed by atoms with Gasteiger partial charge in [0.1, 0.15) is 0 Å². The van der Waals surface area contributed by atoms with E-state index >= 15 is 0 Å². The van der Waals surface area contributed by atoms with E-state index in [9.17, 15) is 0 Å². The quantitative estimate of drug-likeness (QED) is 0.710. The van der Waals surface area contributed by atoms with Crippen LogP contribution in [0.2, 0.25) is 0 Å². The summed E-state index contributed by atoms with van der Waals surface area (Å²) in [6.45, 7) is 5.84. The molecule has 0 radical (unpaired) electrons. The normalized spacial score (nSPS) is 31.5. The molecule has 0 aliphatic heterocycles. The molecule has 2 atom stereocenters. The van der Waals surface area contributed by atoms with Gasteiger partial charge in [0.15, 0.2) is 0 Å². The molecule has 0 spiro atoms. The predicted molar refractivity (Wildman–Crippen MR) is 79.8 cm³/mol. The molecule has 2 rings (SSSR count). The third-order valence-corrected chi connectivity index (χ3v) is 5.26. The lowest BCUT2D eigenvalue weighted by atomic mass is 9.72. The van der Waals surface area contributed by atoms with Gasteiger partial charge >= 0.3 is 0 Å². The molecule has 1 nitrogen and oxygen atoms in total. The summed E-state index contributed by atoms with van der Waals surface area (Å²) < 4.78 is 0. The van der Waals surface area contributed by atoms with Crippen LogP contribution in [0.15, 0.2) is 0 Å². The predicted octanol–water partition coefficient (Wildman–Crippen LogP) is 4.76. The average Bonchev–Trinajstić information content (AvgIpc) is 2.62. The molecule has 2 aliphatic rings. The highest BCUT2D eigenvalue weighted by Crippen LogP contribution is 2.40. The number of nitrogens with one attached hydrogen (secondary N) is 1. The Morgan fingerprint density at radius 1 is 0.833 bits per heavy atom. The summed E-state index contributed by atoms with van der Waals surface area (Å²) in [5.41, 5.74) is 0. The van der Waals surface area contributed by atoms with Crippen LogP contribution in [0.3, 0.4) is 0 Å². The standard InChI is InChI=1S/C17H33N/c1-14(2)18-13-16-11-7-4-8-12-17(16)15-9-5-3-6-10-15/h14-18H,3-13H2,1-2H3. The lowest BCUT2D eigenvalue weighted by Gasteiger charge is -2.35. The lowest BCUT2D eigenvalue weighted by Crippen LogP contribution is -2.35. The molecule has 2 unspecified atom stereocenters. The van der Waals surface area contributed by atoms with Crippen molar-refractivity contribution in [1.29, 1.82) is 0 Å². The zero-order valence-corrected chi connectivity index (χ0v) is 12.6. The highest BCUT2D eigenvalue weighted by Gasteiger charge is 2.31. The summed E-state index contributed by atoms with van der Waals surface area (Å²) in [5, 5.41) is 3.71. The van der Waals surface area contributed by atoms with Crippen molar-refractivity contribution in [2.45, 2.75) is 84.1 Å². The van der Waals surface area contributed by atoms with E-state index in [1.807, 2.05) is 0 Å². The molecule has 0 amide bonds. The third kappa shape index (κ3) is 4.26. The fourth-order valence-electron chi connectivity index (χ4n) is 4.24. The van der Waals surface area contributed by atoms with E-state index in [2.05, 4.69) is 19.2 Å². The lowest BCUT2D eigenvalue weighted by molar-refractivity contribution is 0.162. The van der Waals surface area contributed by atoms with Gasteiger partial charge in [-0.25, -0.2) is 0 Å². The maximum Gasteiger partial charge on any atom is 0.00104 e. The summed E-state index contributed by atoms with van der Waals surface area (Å²) >= 11 is 0. The first-order valence-corrected chi connectivity index (χ1v) is 8.50. The van der Waals surface area contributed by atoms with E-state index in [4.69, 9.17) is 0 Å². The van der Waals surface area contributed by atoms with Crippen LogP contribution in [0.25, 0.3) is 0 Å². The molecule has 106 valence electrons. The molecule has 18 heavy (non-hydrogen) atoms. The van der Waals surface area contributed by atoms with Gasteiger partial charge in [-0.15, -0.1) is 0 Å². The van der Waals surface area contributed by atoms with Gasteiger partial charge in [0.05, 0.1) is 0 Å². The SMILES string of the molecule is CC(C)NCC1CCCCCC1C1CCCCC1. The minimum atomic E-state index is 0.653. The smallest absolute Gasteiger partial charge is 0.00104 e. The molecule has 0 saturated heterocycles. The molecule has 1 N–H and O–H groups in total. The van der Waals surface area contributed by atoms with Crippen molar-refractivity contribution in [3.63, 3.8) is 0 Å². The van der Waals surface area contributed by atoms with Crippen molar-refractivity contribution >= 4 is 0 Å². The van der Waals surface area contributed by atoms with E-state index in [0.717, 1.165) is 17.8 Å². The van der Waals surface area contributed by atoms with E-state index in [1.54, 1.807) is 0 Å². The van der Waals surface area contributed by atoms with Gasteiger partial charge in [0.2, 0.25) is 0 Å². The van der Waals surface area contributed by atoms with Gasteiger partial charge in [-0.2, -0.15) is 0 Å². The Kier molecular flexibility index (Phi) is 6.01. The van der Waals surface area contributed by atoms with Gasteiger partial charge in [-0.1, -0.05) is 65.2 Å². The summed E-state index contributed by atoms with van der Waals surface area (Å²) in [6, 6.07) is 0.653. The van der Waals surface area contributed by atoms with Gasteiger partial charge in [-0.05, 0) is 37.1 Å². The Morgan fingerprint density at radius 2 is 1.44 bits per heavy atom. The first-order valence-electron chi connectivity index (χ1n) is 8.50. The first kappa shape index (κ1) is 14.4. The highest BCUT2D eigenvalue weighted by atomic mass is 14.9. The fourth-order valence-corrected chi connectivity index (χ4v) is 4.24. The van der Waals surface area contributed by atoms with Crippen molar-refractivity contribution in [2.24, 2.45) is 17.8 Å². The van der Waals surface area contributed by atoms with Gasteiger partial charge in [-0.3, -0.25) is 0 Å². The minimum Gasteiger partial charge on any atom is -0.314 e. The topological polar surface area (TPSA) is 12.0 Å². The van der Waals surface area contributed by atoms with E-state index in [1.165, 1.54) is 70.8 Å². The van der Waals surface area contributed by atoms with Crippen LogP contribution in [-0.2, 0) is 0 Å². The molecule has 0 bridgehead atoms. The second-order valence-corrected chi connectivity index (χ2v) is 7.02. The Hall–Kier alpha value is -0.0400. The second-order valence-electron chi connectivity index (χ2n) is 7.02.